The van der Waals surface area contributed by atoms with Crippen LogP contribution in [0.15, 0.2) is 48.8 Å². The van der Waals surface area contributed by atoms with Gasteiger partial charge in [-0.15, -0.1) is 5.10 Å². The van der Waals surface area contributed by atoms with Crippen LogP contribution in [0.1, 0.15) is 31.9 Å². The Hall–Kier alpha value is -3.41. The van der Waals surface area contributed by atoms with Crippen LogP contribution in [0.5, 0.6) is 11.6 Å². The van der Waals surface area contributed by atoms with E-state index in [1.54, 1.807) is 0 Å². The van der Waals surface area contributed by atoms with E-state index in [0.717, 1.165) is 28.0 Å². The summed E-state index contributed by atoms with van der Waals surface area (Å²) in [6.45, 7) is 10.3. The summed E-state index contributed by atoms with van der Waals surface area (Å²) in [4.78, 5) is 8.55. The Labute approximate surface area is 170 Å². The summed E-state index contributed by atoms with van der Waals surface area (Å²) in [7, 11) is 0. The van der Waals surface area contributed by atoms with Crippen LogP contribution in [0, 0.1) is 13.8 Å². The smallest absolute Gasteiger partial charge is 0.251 e. The number of ether oxygens (including phenoxy) is 1. The maximum absolute atomic E-state index is 6.33. The van der Waals surface area contributed by atoms with E-state index in [0.29, 0.717) is 22.7 Å². The quantitative estimate of drug-likeness (QED) is 0.520. The van der Waals surface area contributed by atoms with Crippen LogP contribution in [0.3, 0.4) is 0 Å². The van der Waals surface area contributed by atoms with Crippen molar-refractivity contribution in [1.82, 2.24) is 19.7 Å². The van der Waals surface area contributed by atoms with Gasteiger partial charge in [-0.2, -0.15) is 0 Å². The number of rotatable bonds is 3. The number of aromatic nitrogens is 4. The molecule has 29 heavy (non-hydrogen) atoms. The topological polar surface area (TPSA) is 78.8 Å². The van der Waals surface area contributed by atoms with Crippen LogP contribution in [0.4, 0.5) is 5.82 Å². The number of benzene rings is 2. The minimum atomic E-state index is -0.280. The standard InChI is InChI=1S/C23H25N5O/c1-14-11-17(16-9-7-6-8-10-16)12-18(15(14)2)29-22-19-20(24)25-13-26-21(19)28(27-22)23(3,4)5/h6-13H,1-5H3,(H2,24,25,26). The Bertz CT molecular complexity index is 1190. The van der Waals surface area contributed by atoms with Gasteiger partial charge in [0.05, 0.1) is 5.54 Å². The van der Waals surface area contributed by atoms with Crippen LogP contribution < -0.4 is 10.5 Å². The predicted molar refractivity (Wildman–Crippen MR) is 116 cm³/mol. The normalized spacial score (nSPS) is 11.8. The minimum absolute atomic E-state index is 0.280. The van der Waals surface area contributed by atoms with Crippen molar-refractivity contribution in [2.75, 3.05) is 5.73 Å². The summed E-state index contributed by atoms with van der Waals surface area (Å²) in [5.41, 5.74) is 11.0. The molecule has 2 aromatic heterocycles. The highest BCUT2D eigenvalue weighted by Gasteiger charge is 2.25. The van der Waals surface area contributed by atoms with Crippen molar-refractivity contribution in [3.05, 3.63) is 59.9 Å². The van der Waals surface area contributed by atoms with Gasteiger partial charge in [0.2, 0.25) is 0 Å². The van der Waals surface area contributed by atoms with E-state index in [-0.39, 0.29) is 5.54 Å². The highest BCUT2D eigenvalue weighted by atomic mass is 16.5. The first kappa shape index (κ1) is 18.9. The maximum atomic E-state index is 6.33. The van der Waals surface area contributed by atoms with E-state index in [4.69, 9.17) is 15.6 Å². The molecule has 0 aliphatic carbocycles. The van der Waals surface area contributed by atoms with Crippen LogP contribution in [-0.2, 0) is 5.54 Å². The Morgan fingerprint density at radius 1 is 0.966 bits per heavy atom. The number of nitrogens with two attached hydrogens (primary N) is 1. The summed E-state index contributed by atoms with van der Waals surface area (Å²) in [5.74, 6) is 1.52. The fraction of sp³-hybridized carbons (Fsp3) is 0.261. The van der Waals surface area contributed by atoms with Gasteiger partial charge in [-0.05, 0) is 62.9 Å². The number of nitrogen functional groups attached to an aromatic ring is 1. The van der Waals surface area contributed by atoms with Gasteiger partial charge in [-0.1, -0.05) is 36.4 Å². The number of hydrogen-bond donors (Lipinski definition) is 1. The first-order valence-electron chi connectivity index (χ1n) is 9.60. The van der Waals surface area contributed by atoms with E-state index in [9.17, 15) is 0 Å². The van der Waals surface area contributed by atoms with Gasteiger partial charge >= 0.3 is 0 Å². The molecule has 0 atom stereocenters. The molecule has 0 aliphatic rings. The second-order valence-corrected chi connectivity index (χ2v) is 8.23. The number of hydrogen-bond acceptors (Lipinski definition) is 5. The van der Waals surface area contributed by atoms with E-state index in [1.165, 1.54) is 6.33 Å². The molecule has 2 N–H and O–H groups in total. The minimum Gasteiger partial charge on any atom is -0.437 e. The average molecular weight is 387 g/mol. The lowest BCUT2D eigenvalue weighted by Crippen LogP contribution is -2.23. The summed E-state index contributed by atoms with van der Waals surface area (Å²) in [6, 6.07) is 14.5. The van der Waals surface area contributed by atoms with Crippen molar-refractivity contribution < 1.29 is 4.74 Å². The zero-order valence-corrected chi connectivity index (χ0v) is 17.4. The van der Waals surface area contributed by atoms with E-state index in [1.807, 2.05) is 35.9 Å². The molecule has 0 amide bonds. The fourth-order valence-electron chi connectivity index (χ4n) is 3.32. The first-order chi connectivity index (χ1) is 13.8. The molecule has 148 valence electrons. The highest BCUT2D eigenvalue weighted by molar-refractivity contribution is 5.91. The lowest BCUT2D eigenvalue weighted by Gasteiger charge is -2.19. The molecule has 0 aliphatic heterocycles. The van der Waals surface area contributed by atoms with Crippen molar-refractivity contribution in [3.8, 4) is 22.8 Å². The molecule has 0 saturated heterocycles. The second-order valence-electron chi connectivity index (χ2n) is 8.23. The third-order valence-electron chi connectivity index (χ3n) is 5.03. The number of nitrogens with zero attached hydrogens (tertiary/aromatic N) is 4. The van der Waals surface area contributed by atoms with Gasteiger partial charge in [0.15, 0.2) is 5.65 Å². The van der Waals surface area contributed by atoms with Crippen LogP contribution in [0.2, 0.25) is 0 Å². The van der Waals surface area contributed by atoms with Gasteiger partial charge < -0.3 is 10.5 Å². The zero-order chi connectivity index (χ0) is 20.8. The van der Waals surface area contributed by atoms with E-state index < -0.39 is 0 Å². The molecule has 0 saturated carbocycles. The van der Waals surface area contributed by atoms with Crippen molar-refractivity contribution in [2.45, 2.75) is 40.2 Å². The van der Waals surface area contributed by atoms with Gasteiger partial charge in [-0.25, -0.2) is 14.6 Å². The van der Waals surface area contributed by atoms with Crippen LogP contribution >= 0.6 is 0 Å². The summed E-state index contributed by atoms with van der Waals surface area (Å²) in [6.07, 6.45) is 1.46. The molecule has 4 aromatic rings. The maximum Gasteiger partial charge on any atom is 0.251 e. The second kappa shape index (κ2) is 6.88. The third kappa shape index (κ3) is 3.42. The molecule has 2 aromatic carbocycles. The first-order valence-corrected chi connectivity index (χ1v) is 9.60. The van der Waals surface area contributed by atoms with Gasteiger partial charge in [-0.3, -0.25) is 0 Å². The molecule has 6 heteroatoms. The largest absolute Gasteiger partial charge is 0.437 e. The Morgan fingerprint density at radius 3 is 2.38 bits per heavy atom. The van der Waals surface area contributed by atoms with Crippen LogP contribution in [-0.4, -0.2) is 19.7 Å². The monoisotopic (exact) mass is 387 g/mol. The van der Waals surface area contributed by atoms with Crippen molar-refractivity contribution >= 4 is 16.9 Å². The number of anilines is 1. The van der Waals surface area contributed by atoms with Gasteiger partial charge in [0.25, 0.3) is 5.88 Å². The van der Waals surface area contributed by atoms with Crippen LogP contribution in [0.25, 0.3) is 22.2 Å². The van der Waals surface area contributed by atoms with Crippen molar-refractivity contribution in [3.63, 3.8) is 0 Å². The molecular weight excluding hydrogens is 362 g/mol. The van der Waals surface area contributed by atoms with Gasteiger partial charge in [0, 0.05) is 0 Å². The molecule has 4 rings (SSSR count). The lowest BCUT2D eigenvalue weighted by atomic mass is 9.99. The molecule has 0 radical (unpaired) electrons. The highest BCUT2D eigenvalue weighted by Crippen LogP contribution is 2.37. The van der Waals surface area contributed by atoms with Crippen molar-refractivity contribution in [2.24, 2.45) is 0 Å². The Morgan fingerprint density at radius 2 is 1.69 bits per heavy atom. The number of fused-ring (bicyclic) bond motifs is 1. The average Bonchev–Trinajstić information content (AvgIpc) is 3.06. The lowest BCUT2D eigenvalue weighted by molar-refractivity contribution is 0.349. The van der Waals surface area contributed by atoms with E-state index in [2.05, 4.69) is 55.9 Å². The SMILES string of the molecule is Cc1cc(-c2ccccc2)cc(Oc2nn(C(C)(C)C)c3ncnc(N)c23)c1C. The summed E-state index contributed by atoms with van der Waals surface area (Å²) in [5, 5.41) is 5.33. The third-order valence-corrected chi connectivity index (χ3v) is 5.03. The molecule has 0 spiro atoms. The number of aryl methyl sites for hydroxylation is 1. The molecule has 6 nitrogen and oxygen atoms in total. The molecule has 0 bridgehead atoms. The Balaban J connectivity index is 1.87. The van der Waals surface area contributed by atoms with Gasteiger partial charge in [0.1, 0.15) is 23.3 Å². The summed E-state index contributed by atoms with van der Waals surface area (Å²) < 4.78 is 8.16. The fourth-order valence-corrected chi connectivity index (χ4v) is 3.32. The van der Waals surface area contributed by atoms with E-state index >= 15 is 0 Å². The summed E-state index contributed by atoms with van der Waals surface area (Å²) >= 11 is 0. The molecule has 2 heterocycles. The zero-order valence-electron chi connectivity index (χ0n) is 17.4. The molecule has 0 fully saturated rings. The predicted octanol–water partition coefficient (Wildman–Crippen LogP) is 5.24. The van der Waals surface area contributed by atoms with Crippen molar-refractivity contribution in [1.29, 1.82) is 0 Å². The molecular formula is C23H25N5O. The molecule has 0 unspecified atom stereocenters. The Kier molecular flexibility index (Phi) is 4.49.